The van der Waals surface area contributed by atoms with Crippen LogP contribution < -0.4 is 5.32 Å². The SMILES string of the molecule is CCc1nnsc1C(=O)NC1CCCCC1Cl. The van der Waals surface area contributed by atoms with E-state index in [0.29, 0.717) is 4.88 Å². The lowest BCUT2D eigenvalue weighted by Crippen LogP contribution is -2.42. The second-order valence-electron chi connectivity index (χ2n) is 4.28. The first-order chi connectivity index (χ1) is 8.22. The maximum Gasteiger partial charge on any atom is 0.265 e. The fourth-order valence-corrected chi connectivity index (χ4v) is 3.09. The van der Waals surface area contributed by atoms with E-state index in [1.54, 1.807) is 0 Å². The van der Waals surface area contributed by atoms with E-state index >= 15 is 0 Å². The third-order valence-corrected chi connectivity index (χ3v) is 4.38. The first-order valence-corrected chi connectivity index (χ1v) is 7.19. The summed E-state index contributed by atoms with van der Waals surface area (Å²) in [4.78, 5) is 12.7. The fourth-order valence-electron chi connectivity index (χ4n) is 2.09. The summed E-state index contributed by atoms with van der Waals surface area (Å²) in [6, 6.07) is 0.0877. The molecule has 2 atom stereocenters. The van der Waals surface area contributed by atoms with Gasteiger partial charge in [0.2, 0.25) is 0 Å². The van der Waals surface area contributed by atoms with Gasteiger partial charge in [-0.1, -0.05) is 24.3 Å². The van der Waals surface area contributed by atoms with E-state index in [1.165, 1.54) is 0 Å². The third kappa shape index (κ3) is 2.96. The lowest BCUT2D eigenvalue weighted by Gasteiger charge is -2.27. The summed E-state index contributed by atoms with van der Waals surface area (Å²) in [5, 5.41) is 7.00. The lowest BCUT2D eigenvalue weighted by molar-refractivity contribution is 0.0931. The van der Waals surface area contributed by atoms with Crippen LogP contribution in [0.2, 0.25) is 0 Å². The third-order valence-electron chi connectivity index (χ3n) is 3.09. The molecule has 1 amide bonds. The van der Waals surface area contributed by atoms with Crippen molar-refractivity contribution in [2.45, 2.75) is 50.4 Å². The van der Waals surface area contributed by atoms with Gasteiger partial charge in [-0.25, -0.2) is 0 Å². The van der Waals surface area contributed by atoms with Gasteiger partial charge in [0.1, 0.15) is 4.88 Å². The molecule has 0 bridgehead atoms. The van der Waals surface area contributed by atoms with Crippen molar-refractivity contribution in [2.24, 2.45) is 0 Å². The van der Waals surface area contributed by atoms with Crippen molar-refractivity contribution >= 4 is 29.0 Å². The molecule has 2 unspecified atom stereocenters. The first kappa shape index (κ1) is 12.8. The highest BCUT2D eigenvalue weighted by Crippen LogP contribution is 2.23. The Hall–Kier alpha value is -0.680. The molecule has 0 aliphatic heterocycles. The molecular weight excluding hydrogens is 258 g/mol. The Bertz CT molecular complexity index is 396. The zero-order valence-corrected chi connectivity index (χ0v) is 11.4. The molecular formula is C11H16ClN3OS. The summed E-state index contributed by atoms with van der Waals surface area (Å²) in [6.07, 6.45) is 4.97. The molecule has 94 valence electrons. The Morgan fingerprint density at radius 1 is 1.53 bits per heavy atom. The topological polar surface area (TPSA) is 54.9 Å². The van der Waals surface area contributed by atoms with Crippen LogP contribution in [0.5, 0.6) is 0 Å². The number of halogens is 1. The Morgan fingerprint density at radius 2 is 2.29 bits per heavy atom. The summed E-state index contributed by atoms with van der Waals surface area (Å²) < 4.78 is 3.82. The van der Waals surface area contributed by atoms with E-state index in [4.69, 9.17) is 11.6 Å². The molecule has 1 fully saturated rings. The average molecular weight is 274 g/mol. The van der Waals surface area contributed by atoms with Gasteiger partial charge in [-0.3, -0.25) is 4.79 Å². The molecule has 4 nitrogen and oxygen atoms in total. The molecule has 1 heterocycles. The highest BCUT2D eigenvalue weighted by molar-refractivity contribution is 7.08. The summed E-state index contributed by atoms with van der Waals surface area (Å²) >= 11 is 7.38. The van der Waals surface area contributed by atoms with Gasteiger partial charge in [0, 0.05) is 6.04 Å². The molecule has 0 radical (unpaired) electrons. The Kier molecular flexibility index (Phi) is 4.34. The van der Waals surface area contributed by atoms with Gasteiger partial charge >= 0.3 is 0 Å². The van der Waals surface area contributed by atoms with E-state index < -0.39 is 0 Å². The van der Waals surface area contributed by atoms with Crippen LogP contribution in [-0.4, -0.2) is 26.9 Å². The predicted molar refractivity (Wildman–Crippen MR) is 68.7 cm³/mol. The van der Waals surface area contributed by atoms with Crippen LogP contribution in [0.4, 0.5) is 0 Å². The van der Waals surface area contributed by atoms with E-state index in [1.807, 2.05) is 6.92 Å². The molecule has 0 spiro atoms. The zero-order chi connectivity index (χ0) is 12.3. The smallest absolute Gasteiger partial charge is 0.265 e. The van der Waals surface area contributed by atoms with Crippen LogP contribution in [0.1, 0.15) is 48.0 Å². The molecule has 1 aromatic heterocycles. The van der Waals surface area contributed by atoms with Gasteiger partial charge in [0.05, 0.1) is 11.1 Å². The number of nitrogens with one attached hydrogen (secondary N) is 1. The van der Waals surface area contributed by atoms with Crippen molar-refractivity contribution in [2.75, 3.05) is 0 Å². The Balaban J connectivity index is 2.01. The maximum atomic E-state index is 12.1. The number of carbonyl (C=O) groups is 1. The molecule has 1 aliphatic rings. The zero-order valence-electron chi connectivity index (χ0n) is 9.78. The standard InChI is InChI=1S/C11H16ClN3OS/c1-2-8-10(17-15-14-8)11(16)13-9-6-4-3-5-7(9)12/h7,9H,2-6H2,1H3,(H,13,16). The number of rotatable bonds is 3. The van der Waals surface area contributed by atoms with Crippen LogP contribution in [0.15, 0.2) is 0 Å². The van der Waals surface area contributed by atoms with Crippen molar-refractivity contribution in [3.05, 3.63) is 10.6 Å². The molecule has 0 saturated heterocycles. The minimum atomic E-state index is -0.0746. The summed E-state index contributed by atoms with van der Waals surface area (Å²) in [7, 11) is 0. The minimum absolute atomic E-state index is 0.0543. The van der Waals surface area contributed by atoms with Gasteiger partial charge in [-0.15, -0.1) is 16.7 Å². The van der Waals surface area contributed by atoms with E-state index in [9.17, 15) is 4.79 Å². The van der Waals surface area contributed by atoms with Crippen molar-refractivity contribution in [1.29, 1.82) is 0 Å². The van der Waals surface area contributed by atoms with E-state index in [-0.39, 0.29) is 17.3 Å². The van der Waals surface area contributed by atoms with Gasteiger partial charge < -0.3 is 5.32 Å². The minimum Gasteiger partial charge on any atom is -0.347 e. The van der Waals surface area contributed by atoms with Crippen molar-refractivity contribution in [1.82, 2.24) is 14.9 Å². The van der Waals surface area contributed by atoms with Crippen LogP contribution in [0, 0.1) is 0 Å². The number of nitrogens with zero attached hydrogens (tertiary/aromatic N) is 2. The average Bonchev–Trinajstić information content (AvgIpc) is 2.80. The number of aromatic nitrogens is 2. The number of amides is 1. The number of aryl methyl sites for hydroxylation is 1. The first-order valence-electron chi connectivity index (χ1n) is 5.98. The molecule has 0 aromatic carbocycles. The highest BCUT2D eigenvalue weighted by atomic mass is 35.5. The molecule has 1 aromatic rings. The van der Waals surface area contributed by atoms with Crippen LogP contribution >= 0.6 is 23.1 Å². The number of hydrogen-bond donors (Lipinski definition) is 1. The number of carbonyl (C=O) groups excluding carboxylic acids is 1. The summed E-state index contributed by atoms with van der Waals surface area (Å²) in [5.41, 5.74) is 0.773. The van der Waals surface area contributed by atoms with E-state index in [2.05, 4.69) is 14.9 Å². The Morgan fingerprint density at radius 3 is 3.00 bits per heavy atom. The largest absolute Gasteiger partial charge is 0.347 e. The quantitative estimate of drug-likeness (QED) is 0.861. The summed E-state index contributed by atoms with van der Waals surface area (Å²) in [5.74, 6) is -0.0746. The molecule has 17 heavy (non-hydrogen) atoms. The molecule has 6 heteroatoms. The lowest BCUT2D eigenvalue weighted by atomic mass is 9.95. The molecule has 1 saturated carbocycles. The molecule has 1 aliphatic carbocycles. The number of alkyl halides is 1. The molecule has 1 N–H and O–H groups in total. The van der Waals surface area contributed by atoms with Crippen molar-refractivity contribution in [3.63, 3.8) is 0 Å². The Labute approximate surface area is 110 Å². The highest BCUT2D eigenvalue weighted by Gasteiger charge is 2.26. The fraction of sp³-hybridized carbons (Fsp3) is 0.727. The van der Waals surface area contributed by atoms with Gasteiger partial charge in [0.25, 0.3) is 5.91 Å². The second kappa shape index (κ2) is 5.78. The van der Waals surface area contributed by atoms with Crippen molar-refractivity contribution < 1.29 is 4.79 Å². The molecule has 2 rings (SSSR count). The van der Waals surface area contributed by atoms with Gasteiger partial charge in [-0.05, 0) is 30.8 Å². The predicted octanol–water partition coefficient (Wildman–Crippen LogP) is 2.38. The second-order valence-corrected chi connectivity index (χ2v) is 5.60. The van der Waals surface area contributed by atoms with Gasteiger partial charge in [-0.2, -0.15) is 0 Å². The maximum absolute atomic E-state index is 12.1. The van der Waals surface area contributed by atoms with Crippen LogP contribution in [0.25, 0.3) is 0 Å². The van der Waals surface area contributed by atoms with E-state index in [0.717, 1.165) is 49.3 Å². The van der Waals surface area contributed by atoms with Crippen molar-refractivity contribution in [3.8, 4) is 0 Å². The normalized spacial score (nSPS) is 24.6. The number of hydrogen-bond acceptors (Lipinski definition) is 4. The van der Waals surface area contributed by atoms with Gasteiger partial charge in [0.15, 0.2) is 0 Å². The van der Waals surface area contributed by atoms with Crippen LogP contribution in [0.3, 0.4) is 0 Å². The summed E-state index contributed by atoms with van der Waals surface area (Å²) in [6.45, 7) is 1.97. The van der Waals surface area contributed by atoms with Crippen LogP contribution in [-0.2, 0) is 6.42 Å². The monoisotopic (exact) mass is 273 g/mol.